The normalized spacial score (nSPS) is 13.4. The zero-order valence-corrected chi connectivity index (χ0v) is 21.8. The van der Waals surface area contributed by atoms with Crippen LogP contribution in [0, 0.1) is 12.7 Å². The van der Waals surface area contributed by atoms with Crippen molar-refractivity contribution in [1.82, 2.24) is 10.6 Å². The van der Waals surface area contributed by atoms with Crippen LogP contribution in [0.3, 0.4) is 0 Å². The number of fused-ring (bicyclic) bond motifs is 1. The second kappa shape index (κ2) is 12.1. The predicted octanol–water partition coefficient (Wildman–Crippen LogP) is 4.39. The van der Waals surface area contributed by atoms with Crippen LogP contribution in [-0.4, -0.2) is 37.2 Å². The van der Waals surface area contributed by atoms with Crippen molar-refractivity contribution < 1.29 is 18.7 Å². The number of benzene rings is 2. The summed E-state index contributed by atoms with van der Waals surface area (Å²) >= 11 is 0. The molecule has 2 aromatic rings. The molecule has 1 heterocycles. The van der Waals surface area contributed by atoms with Crippen LogP contribution < -0.4 is 25.4 Å². The SMILES string of the molecule is Cc1ccc(CN=C(NCC(=O)NC(C)(C)C)Nc2ccc3c(c2)OCCCO3)cc1F.I. The zero-order chi connectivity index (χ0) is 23.1. The van der Waals surface area contributed by atoms with Crippen LogP contribution in [0.25, 0.3) is 0 Å². The molecule has 9 heteroatoms. The Morgan fingerprint density at radius 2 is 1.82 bits per heavy atom. The first-order chi connectivity index (χ1) is 15.2. The van der Waals surface area contributed by atoms with Gasteiger partial charge in [-0.3, -0.25) is 4.79 Å². The summed E-state index contributed by atoms with van der Waals surface area (Å²) in [4.78, 5) is 16.8. The molecule has 0 saturated heterocycles. The number of carbonyl (C=O) groups excluding carboxylic acids is 1. The van der Waals surface area contributed by atoms with Crippen molar-refractivity contribution in [2.24, 2.45) is 4.99 Å². The molecule has 1 aliphatic heterocycles. The van der Waals surface area contributed by atoms with E-state index in [0.29, 0.717) is 36.2 Å². The highest BCUT2D eigenvalue weighted by molar-refractivity contribution is 14.0. The van der Waals surface area contributed by atoms with E-state index in [1.54, 1.807) is 13.0 Å². The molecular formula is C24H32FIN4O3. The number of aliphatic imine (C=N–C) groups is 1. The van der Waals surface area contributed by atoms with Crippen LogP contribution >= 0.6 is 24.0 Å². The Morgan fingerprint density at radius 3 is 2.52 bits per heavy atom. The minimum Gasteiger partial charge on any atom is -0.490 e. The molecule has 0 aliphatic carbocycles. The second-order valence-corrected chi connectivity index (χ2v) is 8.74. The summed E-state index contributed by atoms with van der Waals surface area (Å²) < 4.78 is 25.3. The number of carbonyl (C=O) groups is 1. The van der Waals surface area contributed by atoms with E-state index in [2.05, 4.69) is 20.9 Å². The largest absolute Gasteiger partial charge is 0.490 e. The second-order valence-electron chi connectivity index (χ2n) is 8.74. The van der Waals surface area contributed by atoms with Gasteiger partial charge in [0.15, 0.2) is 17.5 Å². The molecule has 0 atom stereocenters. The molecule has 180 valence electrons. The Kier molecular flexibility index (Phi) is 9.75. The number of anilines is 1. The van der Waals surface area contributed by atoms with Crippen LogP contribution in [0.15, 0.2) is 41.4 Å². The van der Waals surface area contributed by atoms with Gasteiger partial charge in [-0.2, -0.15) is 0 Å². The highest BCUT2D eigenvalue weighted by Crippen LogP contribution is 2.32. The van der Waals surface area contributed by atoms with E-state index in [0.717, 1.165) is 17.7 Å². The van der Waals surface area contributed by atoms with Crippen molar-refractivity contribution in [3.05, 3.63) is 53.3 Å². The maximum atomic E-state index is 13.9. The lowest BCUT2D eigenvalue weighted by molar-refractivity contribution is -0.121. The molecule has 7 nitrogen and oxygen atoms in total. The first-order valence-electron chi connectivity index (χ1n) is 10.7. The topological polar surface area (TPSA) is 84.0 Å². The van der Waals surface area contributed by atoms with E-state index >= 15 is 0 Å². The number of aryl methyl sites for hydroxylation is 1. The van der Waals surface area contributed by atoms with Crippen LogP contribution in [0.4, 0.5) is 10.1 Å². The number of ether oxygens (including phenoxy) is 2. The average molecular weight is 570 g/mol. The molecule has 0 saturated carbocycles. The third-order valence-corrected chi connectivity index (χ3v) is 4.60. The molecule has 0 fully saturated rings. The maximum absolute atomic E-state index is 13.9. The first-order valence-corrected chi connectivity index (χ1v) is 10.7. The van der Waals surface area contributed by atoms with Crippen molar-refractivity contribution in [2.45, 2.75) is 46.2 Å². The van der Waals surface area contributed by atoms with Gasteiger partial charge in [0.05, 0.1) is 26.3 Å². The fourth-order valence-electron chi connectivity index (χ4n) is 3.05. The van der Waals surface area contributed by atoms with Gasteiger partial charge in [0.25, 0.3) is 0 Å². The lowest BCUT2D eigenvalue weighted by Gasteiger charge is -2.21. The van der Waals surface area contributed by atoms with Crippen LogP contribution in [-0.2, 0) is 11.3 Å². The van der Waals surface area contributed by atoms with Crippen molar-refractivity contribution >= 4 is 41.5 Å². The minimum absolute atomic E-state index is 0. The summed E-state index contributed by atoms with van der Waals surface area (Å²) in [5.41, 5.74) is 1.70. The van der Waals surface area contributed by atoms with Crippen molar-refractivity contribution in [3.8, 4) is 11.5 Å². The number of guanidine groups is 1. The summed E-state index contributed by atoms with van der Waals surface area (Å²) in [5, 5.41) is 9.14. The number of hydrogen-bond donors (Lipinski definition) is 3. The van der Waals surface area contributed by atoms with Gasteiger partial charge in [0.1, 0.15) is 5.82 Å². The standard InChI is InChI=1S/C24H31FN4O3.HI/c1-16-6-7-17(12-19(16)25)14-26-23(27-15-22(30)29-24(2,3)4)28-18-8-9-20-21(13-18)32-11-5-10-31-20;/h6-9,12-13H,5,10-11,14-15H2,1-4H3,(H,29,30)(H2,26,27,28);1H. The van der Waals surface area contributed by atoms with Crippen LogP contribution in [0.1, 0.15) is 38.3 Å². The van der Waals surface area contributed by atoms with Crippen molar-refractivity contribution in [2.75, 3.05) is 25.1 Å². The van der Waals surface area contributed by atoms with Gasteiger partial charge in [0, 0.05) is 23.7 Å². The Hall–Kier alpha value is -2.56. The molecule has 0 bridgehead atoms. The van der Waals surface area contributed by atoms with E-state index in [9.17, 15) is 9.18 Å². The van der Waals surface area contributed by atoms with Crippen LogP contribution in [0.5, 0.6) is 11.5 Å². The summed E-state index contributed by atoms with van der Waals surface area (Å²) in [6.45, 7) is 8.96. The smallest absolute Gasteiger partial charge is 0.239 e. The molecule has 2 aromatic carbocycles. The Morgan fingerprint density at radius 1 is 1.09 bits per heavy atom. The minimum atomic E-state index is -0.336. The Balaban J connectivity index is 0.00000385. The van der Waals surface area contributed by atoms with Gasteiger partial charge >= 0.3 is 0 Å². The lowest BCUT2D eigenvalue weighted by Crippen LogP contribution is -2.46. The quantitative estimate of drug-likeness (QED) is 0.282. The molecule has 0 aromatic heterocycles. The van der Waals surface area contributed by atoms with Crippen molar-refractivity contribution in [1.29, 1.82) is 0 Å². The molecule has 1 amide bonds. The van der Waals surface area contributed by atoms with E-state index in [1.165, 1.54) is 6.07 Å². The Bertz CT molecular complexity index is 992. The average Bonchev–Trinajstić information content (AvgIpc) is 2.96. The fourth-order valence-corrected chi connectivity index (χ4v) is 3.05. The first kappa shape index (κ1) is 26.7. The van der Waals surface area contributed by atoms with Gasteiger partial charge in [-0.1, -0.05) is 12.1 Å². The summed E-state index contributed by atoms with van der Waals surface area (Å²) in [7, 11) is 0. The highest BCUT2D eigenvalue weighted by atomic mass is 127. The fraction of sp³-hybridized carbons (Fsp3) is 0.417. The molecule has 33 heavy (non-hydrogen) atoms. The van der Waals surface area contributed by atoms with Gasteiger partial charge in [-0.15, -0.1) is 24.0 Å². The number of rotatable bonds is 5. The van der Waals surface area contributed by atoms with E-state index in [1.807, 2.05) is 45.0 Å². The van der Waals surface area contributed by atoms with Gasteiger partial charge in [-0.05, 0) is 57.0 Å². The van der Waals surface area contributed by atoms with E-state index in [-0.39, 0.29) is 54.3 Å². The highest BCUT2D eigenvalue weighted by Gasteiger charge is 2.15. The van der Waals surface area contributed by atoms with Gasteiger partial charge in [0.2, 0.25) is 5.91 Å². The molecule has 3 N–H and O–H groups in total. The molecule has 1 aliphatic rings. The number of halogens is 2. The number of nitrogens with zero attached hydrogens (tertiary/aromatic N) is 1. The monoisotopic (exact) mass is 570 g/mol. The molecule has 3 rings (SSSR count). The molecule has 0 unspecified atom stereocenters. The van der Waals surface area contributed by atoms with Gasteiger partial charge in [-0.25, -0.2) is 9.38 Å². The summed E-state index contributed by atoms with van der Waals surface area (Å²) in [5.74, 6) is 1.31. The third-order valence-electron chi connectivity index (χ3n) is 4.60. The Labute approximate surface area is 211 Å². The number of nitrogens with one attached hydrogen (secondary N) is 3. The molecule has 0 spiro atoms. The lowest BCUT2D eigenvalue weighted by atomic mass is 10.1. The number of hydrogen-bond acceptors (Lipinski definition) is 4. The van der Waals surface area contributed by atoms with Gasteiger partial charge < -0.3 is 25.4 Å². The van der Waals surface area contributed by atoms with Crippen LogP contribution in [0.2, 0.25) is 0 Å². The van der Waals surface area contributed by atoms with E-state index in [4.69, 9.17) is 9.47 Å². The van der Waals surface area contributed by atoms with Crippen molar-refractivity contribution in [3.63, 3.8) is 0 Å². The number of amides is 1. The zero-order valence-electron chi connectivity index (χ0n) is 19.5. The third kappa shape index (κ3) is 8.71. The summed E-state index contributed by atoms with van der Waals surface area (Å²) in [6, 6.07) is 10.5. The predicted molar refractivity (Wildman–Crippen MR) is 139 cm³/mol. The maximum Gasteiger partial charge on any atom is 0.239 e. The summed E-state index contributed by atoms with van der Waals surface area (Å²) in [6.07, 6.45) is 0.821. The molecular weight excluding hydrogens is 538 g/mol. The van der Waals surface area contributed by atoms with E-state index < -0.39 is 0 Å². The molecule has 0 radical (unpaired) electrons.